The van der Waals surface area contributed by atoms with E-state index in [1.807, 2.05) is 45.0 Å². The summed E-state index contributed by atoms with van der Waals surface area (Å²) in [5.41, 5.74) is 2.59. The zero-order valence-corrected chi connectivity index (χ0v) is 10.6. The fourth-order valence-corrected chi connectivity index (χ4v) is 1.96. The lowest BCUT2D eigenvalue weighted by atomic mass is 9.93. The molecule has 3 nitrogen and oxygen atoms in total. The molecule has 1 aliphatic rings. The number of hydrogen-bond acceptors (Lipinski definition) is 3. The molecule has 0 spiro atoms. The Bertz CT molecular complexity index is 483. The highest BCUT2D eigenvalue weighted by Crippen LogP contribution is 2.37. The fourth-order valence-electron chi connectivity index (χ4n) is 1.96. The first kappa shape index (κ1) is 11.7. The van der Waals surface area contributed by atoms with E-state index >= 15 is 0 Å². The first-order valence-electron chi connectivity index (χ1n) is 5.59. The first-order valence-corrected chi connectivity index (χ1v) is 5.59. The van der Waals surface area contributed by atoms with E-state index in [0.717, 1.165) is 22.5 Å². The van der Waals surface area contributed by atoms with E-state index in [2.05, 4.69) is 0 Å². The number of ether oxygens (including phenoxy) is 2. The lowest BCUT2D eigenvalue weighted by molar-refractivity contribution is 0.149. The number of nitrogens with one attached hydrogen (secondary N) is 1. The third-order valence-electron chi connectivity index (χ3n) is 3.24. The SMILES string of the molecule is COc1ccc(C2=C(C)C(C)(C)OC2=N)cc1. The first-order chi connectivity index (χ1) is 7.95. The van der Waals surface area contributed by atoms with E-state index in [0.29, 0.717) is 0 Å². The van der Waals surface area contributed by atoms with Gasteiger partial charge in [0.2, 0.25) is 5.90 Å². The third kappa shape index (κ3) is 1.93. The molecule has 0 bridgehead atoms. The Labute approximate surface area is 102 Å². The molecule has 1 N–H and O–H groups in total. The summed E-state index contributed by atoms with van der Waals surface area (Å²) in [4.78, 5) is 0. The second-order valence-electron chi connectivity index (χ2n) is 4.67. The molecular formula is C14H17NO2. The van der Waals surface area contributed by atoms with Gasteiger partial charge in [-0.3, -0.25) is 5.41 Å². The van der Waals surface area contributed by atoms with Gasteiger partial charge in [0.1, 0.15) is 11.4 Å². The molecule has 0 aliphatic carbocycles. The predicted molar refractivity (Wildman–Crippen MR) is 68.5 cm³/mol. The molecule has 2 rings (SSSR count). The van der Waals surface area contributed by atoms with E-state index in [4.69, 9.17) is 14.9 Å². The Morgan fingerprint density at radius 2 is 1.76 bits per heavy atom. The Morgan fingerprint density at radius 3 is 2.18 bits per heavy atom. The van der Waals surface area contributed by atoms with Gasteiger partial charge < -0.3 is 9.47 Å². The molecule has 1 aliphatic heterocycles. The van der Waals surface area contributed by atoms with Gasteiger partial charge in [-0.05, 0) is 44.0 Å². The normalized spacial score (nSPS) is 18.2. The highest BCUT2D eigenvalue weighted by Gasteiger charge is 2.35. The summed E-state index contributed by atoms with van der Waals surface area (Å²) < 4.78 is 10.7. The molecule has 1 aromatic carbocycles. The molecule has 0 radical (unpaired) electrons. The highest BCUT2D eigenvalue weighted by molar-refractivity contribution is 6.21. The van der Waals surface area contributed by atoms with Crippen LogP contribution in [-0.4, -0.2) is 18.6 Å². The van der Waals surface area contributed by atoms with E-state index < -0.39 is 0 Å². The fraction of sp³-hybridized carbons (Fsp3) is 0.357. The largest absolute Gasteiger partial charge is 0.497 e. The molecule has 0 saturated heterocycles. The van der Waals surface area contributed by atoms with Crippen LogP contribution in [0.3, 0.4) is 0 Å². The Morgan fingerprint density at radius 1 is 1.18 bits per heavy atom. The van der Waals surface area contributed by atoms with Crippen molar-refractivity contribution in [1.29, 1.82) is 5.41 Å². The van der Waals surface area contributed by atoms with Gasteiger partial charge in [-0.1, -0.05) is 12.1 Å². The lowest BCUT2D eigenvalue weighted by Crippen LogP contribution is -2.21. The molecular weight excluding hydrogens is 214 g/mol. The van der Waals surface area contributed by atoms with Crippen molar-refractivity contribution in [3.8, 4) is 5.75 Å². The molecule has 0 unspecified atom stereocenters. The summed E-state index contributed by atoms with van der Waals surface area (Å²) in [6, 6.07) is 7.70. The van der Waals surface area contributed by atoms with Crippen LogP contribution in [0, 0.1) is 5.41 Å². The topological polar surface area (TPSA) is 42.3 Å². The molecule has 0 amide bonds. The Kier molecular flexibility index (Phi) is 2.69. The van der Waals surface area contributed by atoms with Crippen LogP contribution in [0.2, 0.25) is 0 Å². The Hall–Kier alpha value is -1.77. The molecule has 1 heterocycles. The van der Waals surface area contributed by atoms with Crippen LogP contribution < -0.4 is 4.74 Å². The van der Waals surface area contributed by atoms with Crippen molar-refractivity contribution < 1.29 is 9.47 Å². The van der Waals surface area contributed by atoms with Crippen LogP contribution in [0.4, 0.5) is 0 Å². The molecule has 90 valence electrons. The summed E-state index contributed by atoms with van der Waals surface area (Å²) in [6.07, 6.45) is 0. The molecule has 1 aromatic rings. The summed E-state index contributed by atoms with van der Waals surface area (Å²) >= 11 is 0. The van der Waals surface area contributed by atoms with E-state index in [1.54, 1.807) is 7.11 Å². The van der Waals surface area contributed by atoms with Gasteiger partial charge in [0.15, 0.2) is 0 Å². The molecule has 0 fully saturated rings. The summed E-state index contributed by atoms with van der Waals surface area (Å²) in [5.74, 6) is 1.06. The van der Waals surface area contributed by atoms with E-state index in [-0.39, 0.29) is 11.5 Å². The van der Waals surface area contributed by atoms with Crippen LogP contribution in [0.15, 0.2) is 29.8 Å². The molecule has 0 saturated carbocycles. The number of hydrogen-bond donors (Lipinski definition) is 1. The second kappa shape index (κ2) is 3.91. The molecule has 17 heavy (non-hydrogen) atoms. The van der Waals surface area contributed by atoms with Crippen LogP contribution in [0.5, 0.6) is 5.75 Å². The van der Waals surface area contributed by atoms with E-state index in [9.17, 15) is 0 Å². The van der Waals surface area contributed by atoms with Gasteiger partial charge in [-0.15, -0.1) is 0 Å². The van der Waals surface area contributed by atoms with Gasteiger partial charge in [0, 0.05) is 5.57 Å². The molecule has 0 aromatic heterocycles. The van der Waals surface area contributed by atoms with Crippen LogP contribution in [0.1, 0.15) is 26.3 Å². The maximum Gasteiger partial charge on any atom is 0.214 e. The smallest absolute Gasteiger partial charge is 0.214 e. The van der Waals surface area contributed by atoms with Crippen molar-refractivity contribution in [3.63, 3.8) is 0 Å². The van der Waals surface area contributed by atoms with E-state index in [1.165, 1.54) is 0 Å². The predicted octanol–water partition coefficient (Wildman–Crippen LogP) is 3.25. The highest BCUT2D eigenvalue weighted by atomic mass is 16.5. The van der Waals surface area contributed by atoms with Gasteiger partial charge in [-0.25, -0.2) is 0 Å². The Balaban J connectivity index is 2.45. The van der Waals surface area contributed by atoms with Crippen molar-refractivity contribution in [2.75, 3.05) is 7.11 Å². The van der Waals surface area contributed by atoms with Crippen LogP contribution in [-0.2, 0) is 4.74 Å². The minimum atomic E-state index is -0.383. The van der Waals surface area contributed by atoms with Crippen molar-refractivity contribution in [2.45, 2.75) is 26.4 Å². The summed E-state index contributed by atoms with van der Waals surface area (Å²) in [5, 5.41) is 7.92. The van der Waals surface area contributed by atoms with Crippen molar-refractivity contribution in [3.05, 3.63) is 35.4 Å². The van der Waals surface area contributed by atoms with Gasteiger partial charge in [0.25, 0.3) is 0 Å². The lowest BCUT2D eigenvalue weighted by Gasteiger charge is -2.18. The zero-order valence-electron chi connectivity index (χ0n) is 10.6. The average molecular weight is 231 g/mol. The molecule has 3 heteroatoms. The van der Waals surface area contributed by atoms with Gasteiger partial charge in [-0.2, -0.15) is 0 Å². The van der Waals surface area contributed by atoms with Crippen molar-refractivity contribution >= 4 is 11.5 Å². The van der Waals surface area contributed by atoms with Gasteiger partial charge >= 0.3 is 0 Å². The zero-order chi connectivity index (χ0) is 12.6. The minimum Gasteiger partial charge on any atom is -0.497 e. The standard InChI is InChI=1S/C14H17NO2/c1-9-12(13(15)17-14(9,2)3)10-5-7-11(16-4)8-6-10/h5-8,15H,1-4H3. The average Bonchev–Trinajstić information content (AvgIpc) is 2.49. The van der Waals surface area contributed by atoms with Crippen molar-refractivity contribution in [2.24, 2.45) is 0 Å². The molecule has 0 atom stereocenters. The summed E-state index contributed by atoms with van der Waals surface area (Å²) in [6.45, 7) is 5.97. The third-order valence-corrected chi connectivity index (χ3v) is 3.24. The summed E-state index contributed by atoms with van der Waals surface area (Å²) in [7, 11) is 1.64. The quantitative estimate of drug-likeness (QED) is 0.848. The van der Waals surface area contributed by atoms with Crippen LogP contribution in [0.25, 0.3) is 5.57 Å². The van der Waals surface area contributed by atoms with Gasteiger partial charge in [0.05, 0.1) is 7.11 Å². The second-order valence-corrected chi connectivity index (χ2v) is 4.67. The monoisotopic (exact) mass is 231 g/mol. The number of methoxy groups -OCH3 is 1. The maximum absolute atomic E-state index is 7.92. The number of rotatable bonds is 2. The maximum atomic E-state index is 7.92. The minimum absolute atomic E-state index is 0.248. The number of benzene rings is 1. The van der Waals surface area contributed by atoms with Crippen molar-refractivity contribution in [1.82, 2.24) is 0 Å². The van der Waals surface area contributed by atoms with Crippen LogP contribution >= 0.6 is 0 Å².